The van der Waals surface area contributed by atoms with Crippen molar-refractivity contribution in [3.05, 3.63) is 28.8 Å². The summed E-state index contributed by atoms with van der Waals surface area (Å²) in [6.07, 6.45) is 4.62. The molecule has 0 aliphatic heterocycles. The molecule has 0 spiro atoms. The lowest BCUT2D eigenvalue weighted by molar-refractivity contribution is 0.0697. The molecule has 104 valence electrons. The van der Waals surface area contributed by atoms with Gasteiger partial charge in [0.05, 0.1) is 10.6 Å². The molecule has 1 aliphatic carbocycles. The van der Waals surface area contributed by atoms with Gasteiger partial charge in [-0.05, 0) is 43.5 Å². The van der Waals surface area contributed by atoms with E-state index in [0.717, 1.165) is 18.5 Å². The monoisotopic (exact) mass is 282 g/mol. The highest BCUT2D eigenvalue weighted by atomic mass is 35.5. The van der Waals surface area contributed by atoms with Gasteiger partial charge in [0.25, 0.3) is 0 Å². The molecule has 4 N–H and O–H groups in total. The molecule has 1 aromatic rings. The van der Waals surface area contributed by atoms with Gasteiger partial charge >= 0.3 is 5.97 Å². The minimum Gasteiger partial charge on any atom is -0.478 e. The lowest BCUT2D eigenvalue weighted by Gasteiger charge is -2.32. The number of anilines is 1. The number of carboxylic acid groups (broad SMARTS) is 1. The van der Waals surface area contributed by atoms with Crippen molar-refractivity contribution in [3.8, 4) is 0 Å². The smallest absolute Gasteiger partial charge is 0.337 e. The molecule has 1 aliphatic rings. The van der Waals surface area contributed by atoms with Crippen molar-refractivity contribution in [1.29, 1.82) is 0 Å². The van der Waals surface area contributed by atoms with Gasteiger partial charge in [0.15, 0.2) is 0 Å². The molecule has 0 heterocycles. The zero-order valence-corrected chi connectivity index (χ0v) is 11.5. The molecule has 5 heteroatoms. The molecular weight excluding hydrogens is 264 g/mol. The number of rotatable bonds is 4. The predicted molar refractivity (Wildman–Crippen MR) is 76.8 cm³/mol. The summed E-state index contributed by atoms with van der Waals surface area (Å²) in [6.45, 7) is 0.664. The van der Waals surface area contributed by atoms with Gasteiger partial charge in [0.1, 0.15) is 0 Å². The first kappa shape index (κ1) is 14.2. The average molecular weight is 283 g/mol. The summed E-state index contributed by atoms with van der Waals surface area (Å²) in [5.41, 5.74) is 6.72. The Labute approximate surface area is 117 Å². The van der Waals surface area contributed by atoms with Crippen LogP contribution in [0.2, 0.25) is 5.02 Å². The van der Waals surface area contributed by atoms with Crippen LogP contribution in [-0.4, -0.2) is 23.7 Å². The third-order valence-electron chi connectivity index (χ3n) is 3.76. The first-order valence-corrected chi connectivity index (χ1v) is 6.99. The van der Waals surface area contributed by atoms with Gasteiger partial charge in [-0.25, -0.2) is 4.79 Å². The van der Waals surface area contributed by atoms with E-state index in [2.05, 4.69) is 5.32 Å². The third kappa shape index (κ3) is 3.39. The lowest BCUT2D eigenvalue weighted by Crippen LogP contribution is -2.36. The number of benzene rings is 1. The van der Waals surface area contributed by atoms with Crippen molar-refractivity contribution < 1.29 is 9.90 Å². The lowest BCUT2D eigenvalue weighted by atomic mass is 9.84. The topological polar surface area (TPSA) is 75.3 Å². The molecule has 1 aromatic carbocycles. The molecule has 0 radical (unpaired) electrons. The van der Waals surface area contributed by atoms with E-state index in [1.54, 1.807) is 12.1 Å². The number of hydrogen-bond acceptors (Lipinski definition) is 3. The number of hydrogen-bond donors (Lipinski definition) is 3. The van der Waals surface area contributed by atoms with Crippen LogP contribution in [0, 0.1) is 5.92 Å². The average Bonchev–Trinajstić information content (AvgIpc) is 2.41. The molecule has 19 heavy (non-hydrogen) atoms. The largest absolute Gasteiger partial charge is 0.478 e. The Balaban J connectivity index is 2.14. The zero-order chi connectivity index (χ0) is 13.8. The minimum atomic E-state index is -1.01. The van der Waals surface area contributed by atoms with Crippen LogP contribution < -0.4 is 11.1 Å². The summed E-state index contributed by atoms with van der Waals surface area (Å²) >= 11 is 5.86. The number of aromatic carboxylic acids is 1. The molecule has 1 fully saturated rings. The maximum Gasteiger partial charge on any atom is 0.337 e. The van der Waals surface area contributed by atoms with Crippen LogP contribution in [0.1, 0.15) is 36.0 Å². The Morgan fingerprint density at radius 3 is 2.84 bits per heavy atom. The standard InChI is InChI=1S/C14H19ClN2O2/c15-12-6-5-10(7-11(12)14(18)19)17-13-4-2-1-3-9(13)8-16/h5-7,9,13,17H,1-4,8,16H2,(H,18,19). The van der Waals surface area contributed by atoms with E-state index in [9.17, 15) is 4.79 Å². The molecule has 2 rings (SSSR count). The van der Waals surface area contributed by atoms with Crippen LogP contribution >= 0.6 is 11.6 Å². The number of carbonyl (C=O) groups is 1. The van der Waals surface area contributed by atoms with Crippen molar-refractivity contribution in [3.63, 3.8) is 0 Å². The fraction of sp³-hybridized carbons (Fsp3) is 0.500. The molecule has 4 nitrogen and oxygen atoms in total. The summed E-state index contributed by atoms with van der Waals surface area (Å²) < 4.78 is 0. The molecule has 0 saturated heterocycles. The SMILES string of the molecule is NCC1CCCCC1Nc1ccc(Cl)c(C(=O)O)c1. The van der Waals surface area contributed by atoms with Gasteiger partial charge < -0.3 is 16.2 Å². The fourth-order valence-electron chi connectivity index (χ4n) is 2.67. The maximum atomic E-state index is 11.1. The number of carboxylic acids is 1. The van der Waals surface area contributed by atoms with E-state index in [0.29, 0.717) is 18.5 Å². The van der Waals surface area contributed by atoms with Crippen molar-refractivity contribution in [2.45, 2.75) is 31.7 Å². The maximum absolute atomic E-state index is 11.1. The molecule has 2 unspecified atom stereocenters. The molecule has 0 bridgehead atoms. The van der Waals surface area contributed by atoms with E-state index >= 15 is 0 Å². The van der Waals surface area contributed by atoms with E-state index in [4.69, 9.17) is 22.4 Å². The van der Waals surface area contributed by atoms with Crippen molar-refractivity contribution in [2.24, 2.45) is 11.7 Å². The van der Waals surface area contributed by atoms with Crippen LogP contribution in [0.15, 0.2) is 18.2 Å². The third-order valence-corrected chi connectivity index (χ3v) is 4.09. The summed E-state index contributed by atoms with van der Waals surface area (Å²) in [5.74, 6) is -0.551. The van der Waals surface area contributed by atoms with Crippen LogP contribution in [-0.2, 0) is 0 Å². The Bertz CT molecular complexity index is 465. The van der Waals surface area contributed by atoms with Gasteiger partial charge in [0, 0.05) is 11.7 Å². The second-order valence-electron chi connectivity index (χ2n) is 5.03. The van der Waals surface area contributed by atoms with Crippen LogP contribution in [0.25, 0.3) is 0 Å². The Morgan fingerprint density at radius 2 is 2.16 bits per heavy atom. The van der Waals surface area contributed by atoms with E-state index in [1.165, 1.54) is 12.8 Å². The van der Waals surface area contributed by atoms with Crippen molar-refractivity contribution in [2.75, 3.05) is 11.9 Å². The highest BCUT2D eigenvalue weighted by Crippen LogP contribution is 2.28. The first-order chi connectivity index (χ1) is 9.11. The molecule has 0 aromatic heterocycles. The molecule has 0 amide bonds. The van der Waals surface area contributed by atoms with E-state index < -0.39 is 5.97 Å². The predicted octanol–water partition coefficient (Wildman–Crippen LogP) is 2.97. The van der Waals surface area contributed by atoms with E-state index in [1.807, 2.05) is 6.07 Å². The normalized spacial score (nSPS) is 23.1. The first-order valence-electron chi connectivity index (χ1n) is 6.61. The van der Waals surface area contributed by atoms with Gasteiger partial charge in [-0.15, -0.1) is 0 Å². The highest BCUT2D eigenvalue weighted by Gasteiger charge is 2.24. The number of halogens is 1. The van der Waals surface area contributed by atoms with E-state index in [-0.39, 0.29) is 10.6 Å². The fourth-order valence-corrected chi connectivity index (χ4v) is 2.87. The summed E-state index contributed by atoms with van der Waals surface area (Å²) in [6, 6.07) is 5.35. The molecule has 2 atom stereocenters. The van der Waals surface area contributed by atoms with Crippen LogP contribution in [0.3, 0.4) is 0 Å². The van der Waals surface area contributed by atoms with Gasteiger partial charge in [-0.1, -0.05) is 24.4 Å². The number of nitrogens with one attached hydrogen (secondary N) is 1. The van der Waals surface area contributed by atoms with Crippen LogP contribution in [0.4, 0.5) is 5.69 Å². The zero-order valence-electron chi connectivity index (χ0n) is 10.7. The van der Waals surface area contributed by atoms with Crippen molar-refractivity contribution in [1.82, 2.24) is 0 Å². The summed E-state index contributed by atoms with van der Waals surface area (Å²) in [4.78, 5) is 11.1. The second-order valence-corrected chi connectivity index (χ2v) is 5.44. The van der Waals surface area contributed by atoms with Gasteiger partial charge in [0.2, 0.25) is 0 Å². The van der Waals surface area contributed by atoms with Crippen molar-refractivity contribution >= 4 is 23.3 Å². The van der Waals surface area contributed by atoms with Gasteiger partial charge in [-0.2, -0.15) is 0 Å². The Kier molecular flexibility index (Phi) is 4.66. The summed E-state index contributed by atoms with van der Waals surface area (Å²) in [5, 5.41) is 12.7. The van der Waals surface area contributed by atoms with Crippen LogP contribution in [0.5, 0.6) is 0 Å². The Hall–Kier alpha value is -1.26. The minimum absolute atomic E-state index is 0.131. The van der Waals surface area contributed by atoms with Gasteiger partial charge in [-0.3, -0.25) is 0 Å². The molecular formula is C14H19ClN2O2. The highest BCUT2D eigenvalue weighted by molar-refractivity contribution is 6.33. The second kappa shape index (κ2) is 6.26. The quantitative estimate of drug-likeness (QED) is 0.794. The number of nitrogens with two attached hydrogens (primary N) is 1. The summed E-state index contributed by atoms with van der Waals surface area (Å²) in [7, 11) is 0. The Morgan fingerprint density at radius 1 is 1.42 bits per heavy atom. The molecule has 1 saturated carbocycles.